The van der Waals surface area contributed by atoms with Crippen LogP contribution >= 0.6 is 0 Å². The lowest BCUT2D eigenvalue weighted by atomic mass is 10.3. The number of hydrogen-bond donors (Lipinski definition) is 0. The number of rotatable bonds is 3. The van der Waals surface area contributed by atoms with Crippen LogP contribution in [-0.2, 0) is 10.1 Å². The van der Waals surface area contributed by atoms with Gasteiger partial charge in [-0.1, -0.05) is 0 Å². The highest BCUT2D eigenvalue weighted by molar-refractivity contribution is 7.88. The van der Waals surface area contributed by atoms with E-state index in [1.165, 1.54) is 7.11 Å². The zero-order valence-electron chi connectivity index (χ0n) is 8.29. The number of methoxy groups -OCH3 is 1. The fourth-order valence-corrected chi connectivity index (χ4v) is 1.31. The van der Waals surface area contributed by atoms with Crippen molar-refractivity contribution in [2.24, 2.45) is 0 Å². The second-order valence-corrected chi connectivity index (χ2v) is 4.32. The Balaban J connectivity index is 3.05. The van der Waals surface area contributed by atoms with Crippen molar-refractivity contribution in [3.63, 3.8) is 0 Å². The monoisotopic (exact) mass is 274 g/mol. The molecule has 0 saturated carbocycles. The Morgan fingerprint density at radius 1 is 1.24 bits per heavy atom. The van der Waals surface area contributed by atoms with Gasteiger partial charge in [0.05, 0.1) is 7.11 Å². The first kappa shape index (κ1) is 13.6. The molecule has 0 aliphatic carbocycles. The van der Waals surface area contributed by atoms with Gasteiger partial charge in [0.15, 0.2) is 11.6 Å². The average molecular weight is 274 g/mol. The smallest absolute Gasteiger partial charge is 0.497 e. The van der Waals surface area contributed by atoms with E-state index in [9.17, 15) is 26.0 Å². The second-order valence-electron chi connectivity index (χ2n) is 2.78. The zero-order valence-corrected chi connectivity index (χ0v) is 9.10. The summed E-state index contributed by atoms with van der Waals surface area (Å²) in [6.45, 7) is 0. The first-order valence-corrected chi connectivity index (χ1v) is 5.42. The van der Waals surface area contributed by atoms with Crippen LogP contribution in [0.2, 0.25) is 0 Å². The Morgan fingerprint density at radius 3 is 2.24 bits per heavy atom. The van der Waals surface area contributed by atoms with Crippen molar-refractivity contribution < 1.29 is 34.9 Å². The minimum atomic E-state index is -5.87. The standard InChI is InChI=1S/C8H6F4O4S/c1-15-5-2-3-7(6(9)4-5)16-17(13,14)8(10,11)12/h2-4H,1H3. The molecule has 0 radical (unpaired) electrons. The summed E-state index contributed by atoms with van der Waals surface area (Å²) >= 11 is 0. The van der Waals surface area contributed by atoms with E-state index >= 15 is 0 Å². The summed E-state index contributed by atoms with van der Waals surface area (Å²) in [6, 6.07) is 2.48. The van der Waals surface area contributed by atoms with Crippen LogP contribution in [0.4, 0.5) is 17.6 Å². The van der Waals surface area contributed by atoms with Crippen molar-refractivity contribution >= 4 is 10.1 Å². The van der Waals surface area contributed by atoms with Crippen molar-refractivity contribution in [2.45, 2.75) is 5.51 Å². The highest BCUT2D eigenvalue weighted by atomic mass is 32.2. The van der Waals surface area contributed by atoms with Gasteiger partial charge in [-0.05, 0) is 12.1 Å². The molecule has 0 spiro atoms. The lowest BCUT2D eigenvalue weighted by Gasteiger charge is -2.10. The molecule has 0 unspecified atom stereocenters. The third-order valence-electron chi connectivity index (χ3n) is 1.62. The molecule has 96 valence electrons. The van der Waals surface area contributed by atoms with Crippen LogP contribution in [0.25, 0.3) is 0 Å². The number of alkyl halides is 3. The maximum absolute atomic E-state index is 13.1. The first-order chi connectivity index (χ1) is 7.67. The van der Waals surface area contributed by atoms with Crippen LogP contribution in [0.1, 0.15) is 0 Å². The van der Waals surface area contributed by atoms with Gasteiger partial charge in [0.2, 0.25) is 0 Å². The predicted molar refractivity (Wildman–Crippen MR) is 48.6 cm³/mol. The molecule has 9 heteroatoms. The van der Waals surface area contributed by atoms with Crippen molar-refractivity contribution in [3.8, 4) is 11.5 Å². The minimum absolute atomic E-state index is 0.0132. The van der Waals surface area contributed by atoms with Gasteiger partial charge in [0.1, 0.15) is 5.75 Å². The Morgan fingerprint density at radius 2 is 1.82 bits per heavy atom. The van der Waals surface area contributed by atoms with Crippen LogP contribution in [0.3, 0.4) is 0 Å². The van der Waals surface area contributed by atoms with Crippen LogP contribution < -0.4 is 8.92 Å². The number of ether oxygens (including phenoxy) is 1. The van der Waals surface area contributed by atoms with Gasteiger partial charge in [-0.2, -0.15) is 21.6 Å². The number of halogens is 4. The first-order valence-electron chi connectivity index (χ1n) is 4.01. The minimum Gasteiger partial charge on any atom is -0.497 e. The number of benzene rings is 1. The molecule has 0 bridgehead atoms. The van der Waals surface area contributed by atoms with Gasteiger partial charge in [-0.15, -0.1) is 0 Å². The van der Waals surface area contributed by atoms with E-state index in [4.69, 9.17) is 0 Å². The molecule has 0 atom stereocenters. The van der Waals surface area contributed by atoms with E-state index in [-0.39, 0.29) is 5.75 Å². The van der Waals surface area contributed by atoms with E-state index in [1.54, 1.807) is 0 Å². The van der Waals surface area contributed by atoms with Crippen molar-refractivity contribution in [2.75, 3.05) is 7.11 Å². The van der Waals surface area contributed by atoms with Gasteiger partial charge in [-0.25, -0.2) is 4.39 Å². The summed E-state index contributed by atoms with van der Waals surface area (Å²) < 4.78 is 78.3. The maximum Gasteiger partial charge on any atom is 0.534 e. The molecule has 0 aliphatic rings. The summed E-state index contributed by atoms with van der Waals surface area (Å²) in [7, 11) is -4.66. The Labute approximate surface area is 93.9 Å². The van der Waals surface area contributed by atoms with Crippen molar-refractivity contribution in [1.82, 2.24) is 0 Å². The second kappa shape index (κ2) is 4.40. The van der Waals surface area contributed by atoms with Crippen LogP contribution in [0.15, 0.2) is 18.2 Å². The van der Waals surface area contributed by atoms with E-state index in [2.05, 4.69) is 8.92 Å². The molecule has 4 nitrogen and oxygen atoms in total. The van der Waals surface area contributed by atoms with E-state index in [0.717, 1.165) is 12.1 Å². The average Bonchev–Trinajstić information content (AvgIpc) is 2.19. The summed E-state index contributed by atoms with van der Waals surface area (Å²) in [5, 5.41) is 0. The molecule has 0 saturated heterocycles. The third-order valence-corrected chi connectivity index (χ3v) is 2.59. The van der Waals surface area contributed by atoms with Crippen molar-refractivity contribution in [1.29, 1.82) is 0 Å². The summed E-state index contributed by atoms with van der Waals surface area (Å²) in [5.41, 5.74) is -5.61. The predicted octanol–water partition coefficient (Wildman–Crippen LogP) is 2.06. The molecule has 0 heterocycles. The third kappa shape index (κ3) is 2.99. The van der Waals surface area contributed by atoms with Crippen LogP contribution in [-0.4, -0.2) is 21.0 Å². The molecular formula is C8H6F4O4S. The summed E-state index contributed by atoms with van der Waals surface area (Å²) in [4.78, 5) is 0. The zero-order chi connectivity index (χ0) is 13.3. The molecule has 0 fully saturated rings. The molecule has 0 aliphatic heterocycles. The Bertz CT molecular complexity index is 509. The molecule has 1 aromatic rings. The maximum atomic E-state index is 13.1. The van der Waals surface area contributed by atoms with Gasteiger partial charge in [0.25, 0.3) is 0 Å². The topological polar surface area (TPSA) is 52.6 Å². The van der Waals surface area contributed by atoms with Gasteiger partial charge < -0.3 is 8.92 Å². The van der Waals surface area contributed by atoms with Crippen LogP contribution in [0.5, 0.6) is 11.5 Å². The molecule has 0 aromatic heterocycles. The Hall–Kier alpha value is -1.51. The number of hydrogen-bond acceptors (Lipinski definition) is 4. The fourth-order valence-electron chi connectivity index (χ4n) is 0.842. The van der Waals surface area contributed by atoms with E-state index in [0.29, 0.717) is 6.07 Å². The fraction of sp³-hybridized carbons (Fsp3) is 0.250. The highest BCUT2D eigenvalue weighted by Gasteiger charge is 2.48. The lowest BCUT2D eigenvalue weighted by Crippen LogP contribution is -2.28. The molecule has 17 heavy (non-hydrogen) atoms. The Kier molecular flexibility index (Phi) is 3.51. The quantitative estimate of drug-likeness (QED) is 0.481. The SMILES string of the molecule is COc1ccc(OS(=O)(=O)C(F)(F)F)c(F)c1. The van der Waals surface area contributed by atoms with Crippen molar-refractivity contribution in [3.05, 3.63) is 24.0 Å². The van der Waals surface area contributed by atoms with Crippen LogP contribution in [0, 0.1) is 5.82 Å². The summed E-state index contributed by atoms with van der Waals surface area (Å²) in [6.07, 6.45) is 0. The molecule has 1 aromatic carbocycles. The molecule has 0 N–H and O–H groups in total. The molecular weight excluding hydrogens is 268 g/mol. The van der Waals surface area contributed by atoms with Gasteiger partial charge in [-0.3, -0.25) is 0 Å². The molecule has 0 amide bonds. The van der Waals surface area contributed by atoms with Gasteiger partial charge in [0, 0.05) is 6.07 Å². The largest absolute Gasteiger partial charge is 0.534 e. The lowest BCUT2D eigenvalue weighted by molar-refractivity contribution is -0.0500. The van der Waals surface area contributed by atoms with E-state index in [1.807, 2.05) is 0 Å². The molecule has 1 rings (SSSR count). The van der Waals surface area contributed by atoms with E-state index < -0.39 is 27.2 Å². The highest BCUT2D eigenvalue weighted by Crippen LogP contribution is 2.29. The summed E-state index contributed by atoms with van der Waals surface area (Å²) in [5.74, 6) is -2.32. The normalized spacial score (nSPS) is 12.3. The van der Waals surface area contributed by atoms with Gasteiger partial charge >= 0.3 is 15.6 Å².